The fraction of sp³-hybridized carbons (Fsp3) is 0. The molecule has 2 rings (SSSR count). The summed E-state index contributed by atoms with van der Waals surface area (Å²) < 4.78 is 26.7. The second-order valence-corrected chi connectivity index (χ2v) is 3.88. The first-order chi connectivity index (χ1) is 7.61. The molecule has 0 saturated heterocycles. The average molecular weight is 258 g/mol. The molecular formula is C12H5Cl2F2. The van der Waals surface area contributed by atoms with Gasteiger partial charge in [0.15, 0.2) is 11.6 Å². The first kappa shape index (κ1) is 11.4. The third-order valence-electron chi connectivity index (χ3n) is 2.11. The largest absolute Gasteiger partial charge is 0.203 e. The number of halogens is 4. The van der Waals surface area contributed by atoms with Crippen LogP contribution in [0.1, 0.15) is 0 Å². The Bertz CT molecular complexity index is 498. The molecule has 0 bridgehead atoms. The van der Waals surface area contributed by atoms with Crippen molar-refractivity contribution in [2.24, 2.45) is 0 Å². The fourth-order valence-corrected chi connectivity index (χ4v) is 1.80. The molecule has 0 saturated carbocycles. The molecule has 0 nitrogen and oxygen atoms in total. The molecule has 0 unspecified atom stereocenters. The van der Waals surface area contributed by atoms with Crippen molar-refractivity contribution in [2.75, 3.05) is 0 Å². The molecule has 2 aromatic rings. The maximum absolute atomic E-state index is 13.6. The topological polar surface area (TPSA) is 0 Å². The van der Waals surface area contributed by atoms with E-state index in [1.807, 2.05) is 6.07 Å². The molecule has 0 N–H and O–H groups in total. The highest BCUT2D eigenvalue weighted by atomic mass is 35.5. The predicted octanol–water partition coefficient (Wildman–Crippen LogP) is 4.74. The van der Waals surface area contributed by atoms with Crippen molar-refractivity contribution in [1.82, 2.24) is 0 Å². The van der Waals surface area contributed by atoms with Crippen molar-refractivity contribution >= 4 is 23.2 Å². The Balaban J connectivity index is 2.74. The van der Waals surface area contributed by atoms with Gasteiger partial charge in [-0.3, -0.25) is 0 Å². The molecule has 4 heteroatoms. The Labute approximate surface area is 101 Å². The lowest BCUT2D eigenvalue weighted by atomic mass is 10.0. The van der Waals surface area contributed by atoms with Crippen molar-refractivity contribution < 1.29 is 8.78 Å². The quantitative estimate of drug-likeness (QED) is 0.648. The van der Waals surface area contributed by atoms with Crippen molar-refractivity contribution in [2.45, 2.75) is 0 Å². The minimum absolute atomic E-state index is 0.0354. The Kier molecular flexibility index (Phi) is 3.13. The van der Waals surface area contributed by atoms with E-state index in [0.29, 0.717) is 5.56 Å². The lowest BCUT2D eigenvalue weighted by molar-refractivity contribution is 0.510. The van der Waals surface area contributed by atoms with E-state index in [1.165, 1.54) is 0 Å². The van der Waals surface area contributed by atoms with Crippen LogP contribution in [-0.4, -0.2) is 0 Å². The molecule has 0 atom stereocenters. The molecule has 0 aliphatic carbocycles. The molecule has 1 radical (unpaired) electrons. The molecule has 0 heterocycles. The van der Waals surface area contributed by atoms with Crippen molar-refractivity contribution in [3.8, 4) is 11.1 Å². The third-order valence-corrected chi connectivity index (χ3v) is 2.86. The molecule has 81 valence electrons. The molecule has 0 aliphatic heterocycles. The van der Waals surface area contributed by atoms with Gasteiger partial charge in [0.1, 0.15) is 0 Å². The normalized spacial score (nSPS) is 10.5. The lowest BCUT2D eigenvalue weighted by Crippen LogP contribution is -1.92. The van der Waals surface area contributed by atoms with Gasteiger partial charge in [0.05, 0.1) is 10.0 Å². The van der Waals surface area contributed by atoms with Crippen LogP contribution in [0.3, 0.4) is 0 Å². The van der Waals surface area contributed by atoms with Gasteiger partial charge in [-0.2, -0.15) is 0 Å². The van der Waals surface area contributed by atoms with Crippen LogP contribution in [0.25, 0.3) is 11.1 Å². The Morgan fingerprint density at radius 3 is 2.25 bits per heavy atom. The molecular weight excluding hydrogens is 253 g/mol. The average Bonchev–Trinajstić information content (AvgIpc) is 2.28. The van der Waals surface area contributed by atoms with Crippen LogP contribution in [0, 0.1) is 17.7 Å². The van der Waals surface area contributed by atoms with Gasteiger partial charge in [-0.25, -0.2) is 8.78 Å². The number of hydrogen-bond acceptors (Lipinski definition) is 0. The van der Waals surface area contributed by atoms with Gasteiger partial charge in [0, 0.05) is 11.6 Å². The van der Waals surface area contributed by atoms with Crippen molar-refractivity contribution in [1.29, 1.82) is 0 Å². The molecule has 0 aliphatic rings. The molecule has 0 spiro atoms. The minimum Gasteiger partial charge on any atom is -0.203 e. The lowest BCUT2D eigenvalue weighted by Gasteiger charge is -2.08. The summed E-state index contributed by atoms with van der Waals surface area (Å²) >= 11 is 11.5. The zero-order valence-corrected chi connectivity index (χ0v) is 9.41. The molecule has 0 aromatic heterocycles. The molecule has 2 aromatic carbocycles. The summed E-state index contributed by atoms with van der Waals surface area (Å²) in [6.07, 6.45) is 0. The van der Waals surface area contributed by atoms with Crippen LogP contribution in [-0.2, 0) is 0 Å². The van der Waals surface area contributed by atoms with E-state index in [4.69, 9.17) is 23.2 Å². The predicted molar refractivity (Wildman–Crippen MR) is 60.7 cm³/mol. The molecule has 16 heavy (non-hydrogen) atoms. The maximum Gasteiger partial charge on any atom is 0.169 e. The van der Waals surface area contributed by atoms with Gasteiger partial charge in [-0.05, 0) is 5.56 Å². The van der Waals surface area contributed by atoms with Gasteiger partial charge >= 0.3 is 0 Å². The second-order valence-electron chi connectivity index (χ2n) is 3.12. The van der Waals surface area contributed by atoms with Crippen LogP contribution in [0.4, 0.5) is 8.78 Å². The van der Waals surface area contributed by atoms with E-state index in [9.17, 15) is 8.78 Å². The summed E-state index contributed by atoms with van der Waals surface area (Å²) in [6.45, 7) is 0. The number of rotatable bonds is 1. The van der Waals surface area contributed by atoms with Gasteiger partial charge < -0.3 is 0 Å². The van der Waals surface area contributed by atoms with Crippen LogP contribution in [0.5, 0.6) is 0 Å². The zero-order valence-electron chi connectivity index (χ0n) is 7.90. The van der Waals surface area contributed by atoms with Crippen LogP contribution >= 0.6 is 23.2 Å². The highest BCUT2D eigenvalue weighted by molar-refractivity contribution is 6.43. The smallest absolute Gasteiger partial charge is 0.169 e. The van der Waals surface area contributed by atoms with Crippen LogP contribution in [0.2, 0.25) is 10.0 Å². The standard InChI is InChI=1S/C12H5Cl2F2/c13-8-6-9(15)12(16)10(11(8)14)7-4-2-1-3-5-7/h1-5H. The Morgan fingerprint density at radius 2 is 1.62 bits per heavy atom. The van der Waals surface area contributed by atoms with Crippen molar-refractivity contribution in [3.05, 3.63) is 58.1 Å². The van der Waals surface area contributed by atoms with Crippen LogP contribution in [0.15, 0.2) is 30.3 Å². The van der Waals surface area contributed by atoms with E-state index < -0.39 is 11.6 Å². The summed E-state index contributed by atoms with van der Waals surface area (Å²) in [6, 6.07) is 10.4. The Morgan fingerprint density at radius 1 is 1.00 bits per heavy atom. The summed E-state index contributed by atoms with van der Waals surface area (Å²) in [5.74, 6) is -2.17. The summed E-state index contributed by atoms with van der Waals surface area (Å²) in [4.78, 5) is 0. The zero-order chi connectivity index (χ0) is 11.7. The van der Waals surface area contributed by atoms with E-state index in [1.54, 1.807) is 30.3 Å². The SMILES string of the molecule is Fc1[c]c(Cl)c(Cl)c(-c2ccccc2)c1F. The first-order valence-electron chi connectivity index (χ1n) is 4.42. The summed E-state index contributed by atoms with van der Waals surface area (Å²) in [7, 11) is 0. The Hall–Kier alpha value is -1.12. The van der Waals surface area contributed by atoms with E-state index >= 15 is 0 Å². The monoisotopic (exact) mass is 257 g/mol. The van der Waals surface area contributed by atoms with E-state index in [2.05, 4.69) is 0 Å². The molecule has 0 amide bonds. The van der Waals surface area contributed by atoms with Gasteiger partial charge in [-0.1, -0.05) is 53.5 Å². The summed E-state index contributed by atoms with van der Waals surface area (Å²) in [5, 5.41) is -0.161. The molecule has 0 fully saturated rings. The van der Waals surface area contributed by atoms with Gasteiger partial charge in [-0.15, -0.1) is 0 Å². The van der Waals surface area contributed by atoms with E-state index in [0.717, 1.165) is 0 Å². The maximum atomic E-state index is 13.6. The van der Waals surface area contributed by atoms with Crippen molar-refractivity contribution in [3.63, 3.8) is 0 Å². The van der Waals surface area contributed by atoms with Gasteiger partial charge in [0.2, 0.25) is 0 Å². The second kappa shape index (κ2) is 4.40. The number of benzene rings is 2. The third kappa shape index (κ3) is 1.91. The minimum atomic E-state index is -1.13. The van der Waals surface area contributed by atoms with Crippen LogP contribution < -0.4 is 0 Å². The number of hydrogen-bond donors (Lipinski definition) is 0. The summed E-state index contributed by atoms with van der Waals surface area (Å²) in [5.41, 5.74) is 0.434. The highest BCUT2D eigenvalue weighted by Crippen LogP contribution is 2.36. The van der Waals surface area contributed by atoms with E-state index in [-0.39, 0.29) is 15.6 Å². The highest BCUT2D eigenvalue weighted by Gasteiger charge is 2.17. The van der Waals surface area contributed by atoms with Gasteiger partial charge in [0.25, 0.3) is 0 Å². The first-order valence-corrected chi connectivity index (χ1v) is 5.17. The fourth-order valence-electron chi connectivity index (χ4n) is 1.38.